The molecule has 0 aromatic carbocycles. The number of nitrogens with zero attached hydrogens (tertiary/aromatic N) is 1. The van der Waals surface area contributed by atoms with Crippen molar-refractivity contribution in [1.82, 2.24) is 2.87 Å². The van der Waals surface area contributed by atoms with Crippen molar-refractivity contribution >= 4 is 38.9 Å². The molecule has 0 fully saturated rings. The topological polar surface area (TPSA) is 20.3 Å². The van der Waals surface area contributed by atoms with Crippen molar-refractivity contribution in [2.24, 2.45) is 0 Å². The fourth-order valence-electron chi connectivity index (χ4n) is 0. The summed E-state index contributed by atoms with van der Waals surface area (Å²) in [6.45, 7) is 1.57. The van der Waals surface area contributed by atoms with E-state index in [1.165, 1.54) is 0 Å². The van der Waals surface area contributed by atoms with Gasteiger partial charge in [0.25, 0.3) is 0 Å². The normalized spacial score (nSPS) is 7.50. The molecule has 0 aromatic heterocycles. The molecule has 0 N–H and O–H groups in total. The first-order valence-electron chi connectivity index (χ1n) is 1.69. The van der Waals surface area contributed by atoms with E-state index in [2.05, 4.69) is 0 Å². The number of rotatable bonds is 0. The number of hydrogen-bond donors (Lipinski definition) is 0. The summed E-state index contributed by atoms with van der Waals surface area (Å²) >= 11 is 2.46. The van der Waals surface area contributed by atoms with Crippen molar-refractivity contribution in [1.29, 1.82) is 0 Å². The molecule has 0 unspecified atom stereocenters. The predicted molar refractivity (Wildman–Crippen MR) is 28.2 cm³/mol. The quantitative estimate of drug-likeness (QED) is 0.340. The third-order valence-electron chi connectivity index (χ3n) is 0.538. The molecule has 0 aliphatic rings. The van der Waals surface area contributed by atoms with Crippen LogP contribution in [0.3, 0.4) is 0 Å². The molecule has 0 atom stereocenters. The van der Waals surface area contributed by atoms with Crippen LogP contribution in [0.25, 0.3) is 0 Å². The molecule has 1 radical (unpaired) electrons. The molecule has 0 aliphatic carbocycles. The van der Waals surface area contributed by atoms with Crippen molar-refractivity contribution in [3.63, 3.8) is 0 Å². The highest BCUT2D eigenvalue weighted by Crippen LogP contribution is 1.66. The Morgan fingerprint density at radius 2 is 2.17 bits per heavy atom. The van der Waals surface area contributed by atoms with Gasteiger partial charge in [-0.05, 0) is 0 Å². The fraction of sp³-hybridized carbons (Fsp3) is 0.500. The summed E-state index contributed by atoms with van der Waals surface area (Å²) < 4.78 is 1.69. The van der Waals surface area contributed by atoms with Crippen LogP contribution in [0.15, 0.2) is 0 Å². The van der Waals surface area contributed by atoms with Crippen molar-refractivity contribution in [3.8, 4) is 0 Å². The van der Waals surface area contributed by atoms with Crippen molar-refractivity contribution in [2.75, 3.05) is 0 Å². The Labute approximate surface area is 53.8 Å². The van der Waals surface area contributed by atoms with Crippen LogP contribution >= 0.6 is 0 Å². The van der Waals surface area contributed by atoms with Crippen molar-refractivity contribution < 1.29 is 4.79 Å². The lowest BCUT2D eigenvalue weighted by molar-refractivity contribution is -0.121. The molecule has 0 rings (SSSR count). The lowest BCUT2D eigenvalue weighted by Gasteiger charge is -2.06. The Bertz CT molecular complexity index is 62.6. The molecule has 0 saturated carbocycles. The summed E-state index contributed by atoms with van der Waals surface area (Å²) in [6.07, 6.45) is 0. The van der Waals surface area contributed by atoms with Gasteiger partial charge in [0, 0.05) is 6.92 Å². The predicted octanol–water partition coefficient (Wildman–Crippen LogP) is -1.80. The zero-order valence-corrected chi connectivity index (χ0v) is 7.48. The van der Waals surface area contributed by atoms with Gasteiger partial charge >= 0.3 is 33.0 Å². The largest absolute Gasteiger partial charge is 0.544 e. The number of amides is 1. The molecule has 0 bridgehead atoms. The van der Waals surface area contributed by atoms with Crippen LogP contribution in [0.1, 0.15) is 6.92 Å². The van der Waals surface area contributed by atoms with Crippen LogP contribution < -0.4 is 0 Å². The summed E-state index contributed by atoms with van der Waals surface area (Å²) in [4.78, 5) is 10.1. The van der Waals surface area contributed by atoms with E-state index in [1.807, 2.05) is 0 Å². The minimum Gasteiger partial charge on any atom is -0.544 e. The second-order valence-electron chi connectivity index (χ2n) is 1.22. The highest BCUT2D eigenvalue weighted by atomic mass is 27.1. The standard InChI is InChI=1S/C2H3NO.2Al.3H/c1-2(3)4;;;;;/h1H3;;;;;. The molecule has 0 heterocycles. The smallest absolute Gasteiger partial charge is 0.338 e. The summed E-state index contributed by atoms with van der Waals surface area (Å²) in [6, 6.07) is 0. The lowest BCUT2D eigenvalue weighted by atomic mass is 10.8. The van der Waals surface area contributed by atoms with Gasteiger partial charge in [-0.1, -0.05) is 0 Å². The minimum atomic E-state index is 0.167. The molecule has 31 valence electrons. The summed E-state index contributed by atoms with van der Waals surface area (Å²) in [5.74, 6) is 0.167. The molecule has 4 heteroatoms. The zero-order valence-electron chi connectivity index (χ0n) is 4.06. The average molecular weight is 114 g/mol. The Morgan fingerprint density at radius 1 is 2.00 bits per heavy atom. The van der Waals surface area contributed by atoms with E-state index < -0.39 is 0 Å². The van der Waals surface area contributed by atoms with Crippen molar-refractivity contribution in [2.45, 2.75) is 6.92 Å². The maximum atomic E-state index is 10.1. The van der Waals surface area contributed by atoms with E-state index in [-0.39, 0.29) is 5.91 Å². The van der Waals surface area contributed by atoms with Gasteiger partial charge in [0.1, 0.15) is 0 Å². The first-order chi connectivity index (χ1) is 2.64. The van der Waals surface area contributed by atoms with E-state index in [0.29, 0.717) is 0 Å². The molecule has 6 heavy (non-hydrogen) atoms. The monoisotopic (exact) mass is 114 g/mol. The number of hydrogen-bond acceptors (Lipinski definition) is 1. The Morgan fingerprint density at radius 3 is 2.17 bits per heavy atom. The van der Waals surface area contributed by atoms with Crippen LogP contribution in [0.5, 0.6) is 0 Å². The van der Waals surface area contributed by atoms with E-state index in [1.54, 1.807) is 26.3 Å². The van der Waals surface area contributed by atoms with Crippen LogP contribution in [-0.4, -0.2) is 41.8 Å². The Hall–Kier alpha value is 0.535. The molecule has 1 amide bonds. The van der Waals surface area contributed by atoms with Gasteiger partial charge in [0.15, 0.2) is 5.91 Å². The Balaban J connectivity index is 3.26. The van der Waals surface area contributed by atoms with Crippen LogP contribution in [0, 0.1) is 0 Å². The highest BCUT2D eigenvalue weighted by molar-refractivity contribution is 6.33. The summed E-state index contributed by atoms with van der Waals surface area (Å²) in [7, 11) is 0. The minimum absolute atomic E-state index is 0.167. The van der Waals surface area contributed by atoms with Gasteiger partial charge in [-0.15, -0.1) is 0 Å². The fourth-order valence-corrected chi connectivity index (χ4v) is 0. The third-order valence-corrected chi connectivity index (χ3v) is 1.61. The Kier molecular flexibility index (Phi) is 2.90. The van der Waals surface area contributed by atoms with Crippen molar-refractivity contribution in [3.05, 3.63) is 0 Å². The maximum Gasteiger partial charge on any atom is 0.338 e. The van der Waals surface area contributed by atoms with Gasteiger partial charge in [0.2, 0.25) is 0 Å². The van der Waals surface area contributed by atoms with Gasteiger partial charge in [-0.25, -0.2) is 0 Å². The summed E-state index contributed by atoms with van der Waals surface area (Å²) in [5.41, 5.74) is 0. The lowest BCUT2D eigenvalue weighted by Crippen LogP contribution is -2.21. The van der Waals surface area contributed by atoms with Gasteiger partial charge in [-0.2, -0.15) is 0 Å². The molecular weight excluding hydrogens is 108 g/mol. The van der Waals surface area contributed by atoms with Gasteiger partial charge < -0.3 is 2.87 Å². The third kappa shape index (κ3) is 2.76. The molecule has 0 saturated heterocycles. The SMILES string of the molecule is CC(=O)[N]([AlH])[AlH2]. The number of carbonyl (C=O) groups excluding carboxylic acids is 1. The second kappa shape index (κ2) is 2.67. The van der Waals surface area contributed by atoms with Gasteiger partial charge in [-0.3, -0.25) is 4.79 Å². The van der Waals surface area contributed by atoms with Gasteiger partial charge in [0.05, 0.1) is 0 Å². The van der Waals surface area contributed by atoms with Crippen LogP contribution in [0.4, 0.5) is 0 Å². The molecule has 2 nitrogen and oxygen atoms in total. The number of carbonyl (C=O) groups is 1. The van der Waals surface area contributed by atoms with Crippen LogP contribution in [0.2, 0.25) is 0 Å². The molecule has 0 aromatic rings. The highest BCUT2D eigenvalue weighted by Gasteiger charge is 1.86. The van der Waals surface area contributed by atoms with E-state index in [9.17, 15) is 4.79 Å². The summed E-state index contributed by atoms with van der Waals surface area (Å²) in [5, 5.41) is 0. The van der Waals surface area contributed by atoms with E-state index in [0.717, 1.165) is 16.5 Å². The first kappa shape index (κ1) is 6.53. The maximum absolute atomic E-state index is 10.1. The molecule has 0 aliphatic heterocycles. The van der Waals surface area contributed by atoms with Crippen LogP contribution in [-0.2, 0) is 4.79 Å². The second-order valence-corrected chi connectivity index (χ2v) is 4.51. The first-order valence-corrected chi connectivity index (χ1v) is 3.22. The van der Waals surface area contributed by atoms with E-state index in [4.69, 9.17) is 0 Å². The average Bonchev–Trinajstić information content (AvgIpc) is 1.36. The molecular formula is C2H6Al2NO. The van der Waals surface area contributed by atoms with E-state index >= 15 is 0 Å². The molecule has 0 spiro atoms. The zero-order chi connectivity index (χ0) is 5.15.